The van der Waals surface area contributed by atoms with Gasteiger partial charge in [-0.15, -0.1) is 0 Å². The number of anilines is 2. The van der Waals surface area contributed by atoms with Crippen LogP contribution in [-0.4, -0.2) is 64.7 Å². The Morgan fingerprint density at radius 3 is 3.07 bits per heavy atom. The fraction of sp³-hybridized carbons (Fsp3) is 0.368. The first-order chi connectivity index (χ1) is 13.3. The van der Waals surface area contributed by atoms with Gasteiger partial charge < -0.3 is 19.3 Å². The van der Waals surface area contributed by atoms with Crippen molar-refractivity contribution < 1.29 is 9.53 Å². The summed E-state index contributed by atoms with van der Waals surface area (Å²) < 4.78 is 7.62. The molecule has 8 nitrogen and oxygen atoms in total. The molecule has 3 aromatic rings. The lowest BCUT2D eigenvalue weighted by molar-refractivity contribution is -0.106. The molecule has 8 heteroatoms. The minimum absolute atomic E-state index is 0.189. The number of rotatable bonds is 3. The number of benzene rings is 1. The number of aromatic nitrogens is 4. The maximum atomic E-state index is 11.1. The third-order valence-corrected chi connectivity index (χ3v) is 5.23. The van der Waals surface area contributed by atoms with Crippen molar-refractivity contribution >= 4 is 28.8 Å². The van der Waals surface area contributed by atoms with Crippen LogP contribution in [0.3, 0.4) is 0 Å². The van der Waals surface area contributed by atoms with E-state index in [2.05, 4.69) is 14.9 Å². The number of morpholine rings is 1. The number of aryl methyl sites for hydroxylation is 1. The van der Waals surface area contributed by atoms with E-state index in [-0.39, 0.29) is 6.04 Å². The normalized spacial score (nSPS) is 19.1. The van der Waals surface area contributed by atoms with Gasteiger partial charge in [0.05, 0.1) is 48.7 Å². The van der Waals surface area contributed by atoms with E-state index in [1.807, 2.05) is 46.9 Å². The maximum absolute atomic E-state index is 11.1. The van der Waals surface area contributed by atoms with Crippen LogP contribution in [0.15, 0.2) is 30.5 Å². The molecule has 0 bridgehead atoms. The minimum Gasteiger partial charge on any atom is -0.377 e. The summed E-state index contributed by atoms with van der Waals surface area (Å²) in [5.41, 5.74) is 2.79. The maximum Gasteiger partial charge on any atom is 0.237 e. The van der Waals surface area contributed by atoms with E-state index in [4.69, 9.17) is 9.72 Å². The van der Waals surface area contributed by atoms with Gasteiger partial charge in [0.2, 0.25) is 5.95 Å². The summed E-state index contributed by atoms with van der Waals surface area (Å²) in [6.07, 6.45) is 2.74. The van der Waals surface area contributed by atoms with Crippen molar-refractivity contribution in [1.29, 1.82) is 0 Å². The Bertz CT molecular complexity index is 1020. The molecule has 0 spiro atoms. The van der Waals surface area contributed by atoms with Crippen molar-refractivity contribution in [2.24, 2.45) is 0 Å². The highest BCUT2D eigenvalue weighted by Crippen LogP contribution is 2.35. The van der Waals surface area contributed by atoms with Crippen molar-refractivity contribution in [3.05, 3.63) is 36.3 Å². The summed E-state index contributed by atoms with van der Waals surface area (Å²) in [4.78, 5) is 29.6. The summed E-state index contributed by atoms with van der Waals surface area (Å²) in [5, 5.41) is 0. The van der Waals surface area contributed by atoms with Crippen molar-refractivity contribution in [3.63, 3.8) is 0 Å². The van der Waals surface area contributed by atoms with Gasteiger partial charge in [-0.3, -0.25) is 4.57 Å². The highest BCUT2D eigenvalue weighted by Gasteiger charge is 2.34. The first-order valence-corrected chi connectivity index (χ1v) is 9.10. The predicted octanol–water partition coefficient (Wildman–Crippen LogP) is 1.35. The molecule has 1 atom stereocenters. The van der Waals surface area contributed by atoms with Crippen LogP contribution in [0.25, 0.3) is 17.0 Å². The lowest BCUT2D eigenvalue weighted by Crippen LogP contribution is -2.55. The van der Waals surface area contributed by atoms with E-state index in [1.54, 1.807) is 0 Å². The third-order valence-electron chi connectivity index (χ3n) is 5.23. The van der Waals surface area contributed by atoms with Crippen LogP contribution < -0.4 is 9.80 Å². The van der Waals surface area contributed by atoms with Gasteiger partial charge in [-0.25, -0.2) is 9.97 Å². The van der Waals surface area contributed by atoms with Gasteiger partial charge in [0.1, 0.15) is 12.1 Å². The molecule has 2 aliphatic rings. The number of carbonyl (C=O) groups is 1. The summed E-state index contributed by atoms with van der Waals surface area (Å²) in [5.74, 6) is 2.30. The molecule has 138 valence electrons. The van der Waals surface area contributed by atoms with E-state index in [0.29, 0.717) is 25.7 Å². The van der Waals surface area contributed by atoms with E-state index >= 15 is 0 Å². The van der Waals surface area contributed by atoms with Gasteiger partial charge in [0, 0.05) is 13.1 Å². The zero-order valence-electron chi connectivity index (χ0n) is 15.1. The first kappa shape index (κ1) is 16.2. The molecule has 5 rings (SSSR count). The fourth-order valence-corrected chi connectivity index (χ4v) is 4.00. The van der Waals surface area contributed by atoms with E-state index in [0.717, 1.165) is 47.7 Å². The molecule has 1 fully saturated rings. The number of hydrogen-bond acceptors (Lipinski definition) is 7. The molecule has 0 radical (unpaired) electrons. The van der Waals surface area contributed by atoms with Crippen LogP contribution in [0, 0.1) is 6.92 Å². The summed E-state index contributed by atoms with van der Waals surface area (Å²) in [6, 6.07) is 8.16. The smallest absolute Gasteiger partial charge is 0.237 e. The van der Waals surface area contributed by atoms with Crippen molar-refractivity contribution in [3.8, 4) is 5.95 Å². The Morgan fingerprint density at radius 2 is 2.19 bits per heavy atom. The molecule has 0 N–H and O–H groups in total. The second kappa shape index (κ2) is 6.31. The van der Waals surface area contributed by atoms with Gasteiger partial charge >= 0.3 is 0 Å². The fourth-order valence-electron chi connectivity index (χ4n) is 4.00. The van der Waals surface area contributed by atoms with Crippen LogP contribution in [0.2, 0.25) is 0 Å². The second-order valence-electron chi connectivity index (χ2n) is 6.86. The number of ether oxygens (including phenoxy) is 1. The zero-order valence-corrected chi connectivity index (χ0v) is 15.1. The Labute approximate surface area is 156 Å². The van der Waals surface area contributed by atoms with Gasteiger partial charge in [-0.1, -0.05) is 12.1 Å². The van der Waals surface area contributed by atoms with Crippen molar-refractivity contribution in [1.82, 2.24) is 19.5 Å². The quantitative estimate of drug-likeness (QED) is 0.649. The molecular weight excluding hydrogens is 344 g/mol. The summed E-state index contributed by atoms with van der Waals surface area (Å²) >= 11 is 0. The SMILES string of the molecule is Cc1nc2ccccc2n1-c1ncc2c(n1)N1CCOCC1CN2CC=O. The number of para-hydroxylation sites is 2. The van der Waals surface area contributed by atoms with Crippen LogP contribution in [-0.2, 0) is 9.53 Å². The number of carbonyl (C=O) groups excluding carboxylic acids is 1. The average molecular weight is 364 g/mol. The van der Waals surface area contributed by atoms with Crippen molar-refractivity contribution in [2.45, 2.75) is 13.0 Å². The largest absolute Gasteiger partial charge is 0.377 e. The Kier molecular flexibility index (Phi) is 3.78. The molecule has 1 aromatic carbocycles. The summed E-state index contributed by atoms with van der Waals surface area (Å²) in [7, 11) is 0. The van der Waals surface area contributed by atoms with Crippen LogP contribution >= 0.6 is 0 Å². The van der Waals surface area contributed by atoms with Gasteiger partial charge in [-0.05, 0) is 19.1 Å². The molecule has 1 saturated heterocycles. The van der Waals surface area contributed by atoms with Crippen LogP contribution in [0.4, 0.5) is 11.5 Å². The Hall–Kier alpha value is -3.00. The molecule has 27 heavy (non-hydrogen) atoms. The molecule has 0 amide bonds. The zero-order chi connectivity index (χ0) is 18.4. The summed E-state index contributed by atoms with van der Waals surface area (Å²) in [6.45, 7) is 5.12. The van der Waals surface area contributed by atoms with Crippen LogP contribution in [0.5, 0.6) is 0 Å². The molecular formula is C19H20N6O2. The van der Waals surface area contributed by atoms with Gasteiger partial charge in [-0.2, -0.15) is 4.98 Å². The second-order valence-corrected chi connectivity index (χ2v) is 6.86. The van der Waals surface area contributed by atoms with Gasteiger partial charge in [0.25, 0.3) is 0 Å². The molecule has 1 unspecified atom stereocenters. The molecule has 4 heterocycles. The Balaban J connectivity index is 1.66. The van der Waals surface area contributed by atoms with E-state index < -0.39 is 0 Å². The lowest BCUT2D eigenvalue weighted by atomic mass is 10.1. The minimum atomic E-state index is 0.189. The van der Waals surface area contributed by atoms with Crippen LogP contribution in [0.1, 0.15) is 5.82 Å². The standard InChI is InChI=1S/C19H20N6O2/c1-13-21-15-4-2-3-5-16(15)25(13)19-20-10-17-18(22-19)24-7-9-27-12-14(24)11-23(17)6-8-26/h2-5,8,10,14H,6-7,9,11-12H2,1H3. The monoisotopic (exact) mass is 364 g/mol. The van der Waals surface area contributed by atoms with Crippen molar-refractivity contribution in [2.75, 3.05) is 42.6 Å². The Morgan fingerprint density at radius 1 is 1.30 bits per heavy atom. The number of hydrogen-bond donors (Lipinski definition) is 0. The number of fused-ring (bicyclic) bond motifs is 4. The van der Waals surface area contributed by atoms with E-state index in [9.17, 15) is 4.79 Å². The average Bonchev–Trinajstić information content (AvgIpc) is 3.03. The molecule has 0 saturated carbocycles. The van der Waals surface area contributed by atoms with E-state index in [1.165, 1.54) is 0 Å². The molecule has 2 aliphatic heterocycles. The first-order valence-electron chi connectivity index (χ1n) is 9.10. The highest BCUT2D eigenvalue weighted by molar-refractivity contribution is 5.78. The highest BCUT2D eigenvalue weighted by atomic mass is 16.5. The molecule has 2 aromatic heterocycles. The number of aldehydes is 1. The predicted molar refractivity (Wildman–Crippen MR) is 102 cm³/mol. The number of imidazole rings is 1. The lowest BCUT2D eigenvalue weighted by Gasteiger charge is -2.45. The van der Waals surface area contributed by atoms with Gasteiger partial charge in [0.15, 0.2) is 5.82 Å². The number of nitrogens with zero attached hydrogens (tertiary/aromatic N) is 6. The topological polar surface area (TPSA) is 76.4 Å². The third kappa shape index (κ3) is 2.56. The molecule has 0 aliphatic carbocycles.